The van der Waals surface area contributed by atoms with E-state index in [4.69, 9.17) is 5.73 Å². The van der Waals surface area contributed by atoms with Crippen LogP contribution in [0, 0.1) is 5.82 Å². The molecule has 0 radical (unpaired) electrons. The lowest BCUT2D eigenvalue weighted by Gasteiger charge is -2.16. The minimum Gasteiger partial charge on any atom is -0.337 e. The van der Waals surface area contributed by atoms with Gasteiger partial charge in [-0.1, -0.05) is 15.9 Å². The van der Waals surface area contributed by atoms with Crippen molar-refractivity contribution in [2.45, 2.75) is 12.5 Å². The van der Waals surface area contributed by atoms with E-state index in [9.17, 15) is 9.18 Å². The molecule has 0 aromatic heterocycles. The fraction of sp³-hybridized carbons (Fsp3) is 0.364. The predicted octanol–water partition coefficient (Wildman–Crippen LogP) is 2.18. The molecule has 1 saturated heterocycles. The third-order valence-electron chi connectivity index (χ3n) is 2.67. The molecule has 6 heteroatoms. The SMILES string of the molecule is Cl.N[C@H]1CCN(C(=O)c2ccc(Br)cc2F)C1. The molecule has 2 N–H and O–H groups in total. The van der Waals surface area contributed by atoms with E-state index in [1.54, 1.807) is 11.0 Å². The highest BCUT2D eigenvalue weighted by atomic mass is 79.9. The molecule has 1 aliphatic rings. The first kappa shape index (κ1) is 14.4. The number of nitrogens with two attached hydrogens (primary N) is 1. The highest BCUT2D eigenvalue weighted by Crippen LogP contribution is 2.18. The van der Waals surface area contributed by atoms with Crippen LogP contribution in [0.4, 0.5) is 4.39 Å². The Labute approximate surface area is 114 Å². The molecule has 1 amide bonds. The molecule has 94 valence electrons. The lowest BCUT2D eigenvalue weighted by molar-refractivity contribution is 0.0786. The Balaban J connectivity index is 0.00000144. The average molecular weight is 324 g/mol. The maximum Gasteiger partial charge on any atom is 0.256 e. The Bertz CT molecular complexity index is 430. The molecule has 1 fully saturated rings. The van der Waals surface area contributed by atoms with Crippen molar-refractivity contribution in [1.29, 1.82) is 0 Å². The molecular weight excluding hydrogens is 310 g/mol. The number of rotatable bonds is 1. The second-order valence-corrected chi connectivity index (χ2v) is 4.84. The monoisotopic (exact) mass is 322 g/mol. The number of amides is 1. The number of likely N-dealkylation sites (tertiary alicyclic amines) is 1. The van der Waals surface area contributed by atoms with Crippen molar-refractivity contribution >= 4 is 34.2 Å². The van der Waals surface area contributed by atoms with Crippen LogP contribution in [0.5, 0.6) is 0 Å². The number of hydrogen-bond donors (Lipinski definition) is 1. The van der Waals surface area contributed by atoms with Crippen molar-refractivity contribution in [3.8, 4) is 0 Å². The molecule has 0 aliphatic carbocycles. The third-order valence-corrected chi connectivity index (χ3v) is 3.17. The maximum atomic E-state index is 13.5. The fourth-order valence-electron chi connectivity index (χ4n) is 1.81. The van der Waals surface area contributed by atoms with Crippen molar-refractivity contribution in [2.75, 3.05) is 13.1 Å². The van der Waals surface area contributed by atoms with Crippen LogP contribution < -0.4 is 5.73 Å². The molecule has 1 heterocycles. The van der Waals surface area contributed by atoms with E-state index in [2.05, 4.69) is 15.9 Å². The summed E-state index contributed by atoms with van der Waals surface area (Å²) in [6.45, 7) is 1.11. The van der Waals surface area contributed by atoms with Crippen LogP contribution in [-0.4, -0.2) is 29.9 Å². The van der Waals surface area contributed by atoms with Crippen molar-refractivity contribution in [3.05, 3.63) is 34.1 Å². The molecule has 0 unspecified atom stereocenters. The molecule has 0 saturated carbocycles. The van der Waals surface area contributed by atoms with Gasteiger partial charge in [-0.3, -0.25) is 4.79 Å². The first-order chi connectivity index (χ1) is 7.58. The predicted molar refractivity (Wildman–Crippen MR) is 69.8 cm³/mol. The summed E-state index contributed by atoms with van der Waals surface area (Å²) >= 11 is 3.15. The molecule has 1 atom stereocenters. The van der Waals surface area contributed by atoms with Crippen LogP contribution in [-0.2, 0) is 0 Å². The summed E-state index contributed by atoms with van der Waals surface area (Å²) in [5.41, 5.74) is 5.82. The Morgan fingerprint density at radius 3 is 2.76 bits per heavy atom. The van der Waals surface area contributed by atoms with Crippen LogP contribution >= 0.6 is 28.3 Å². The van der Waals surface area contributed by atoms with Gasteiger partial charge in [-0.2, -0.15) is 0 Å². The van der Waals surface area contributed by atoms with E-state index >= 15 is 0 Å². The molecule has 1 aliphatic heterocycles. The number of benzene rings is 1. The number of halogens is 3. The van der Waals surface area contributed by atoms with Gasteiger partial charge in [0.15, 0.2) is 0 Å². The largest absolute Gasteiger partial charge is 0.337 e. The van der Waals surface area contributed by atoms with Crippen molar-refractivity contribution < 1.29 is 9.18 Å². The number of nitrogens with zero attached hydrogens (tertiary/aromatic N) is 1. The number of hydrogen-bond acceptors (Lipinski definition) is 2. The number of carbonyl (C=O) groups excluding carboxylic acids is 1. The van der Waals surface area contributed by atoms with E-state index in [0.29, 0.717) is 17.6 Å². The summed E-state index contributed by atoms with van der Waals surface area (Å²) in [5.74, 6) is -0.780. The van der Waals surface area contributed by atoms with Gasteiger partial charge in [-0.15, -0.1) is 12.4 Å². The van der Waals surface area contributed by atoms with Crippen LogP contribution in [0.3, 0.4) is 0 Å². The van der Waals surface area contributed by atoms with E-state index in [1.807, 2.05) is 0 Å². The van der Waals surface area contributed by atoms with Crippen molar-refractivity contribution in [2.24, 2.45) is 5.73 Å². The summed E-state index contributed by atoms with van der Waals surface area (Å²) < 4.78 is 14.2. The second kappa shape index (κ2) is 5.80. The molecule has 2 rings (SSSR count). The van der Waals surface area contributed by atoms with Gasteiger partial charge >= 0.3 is 0 Å². The smallest absolute Gasteiger partial charge is 0.256 e. The topological polar surface area (TPSA) is 46.3 Å². The first-order valence-electron chi connectivity index (χ1n) is 5.08. The quantitative estimate of drug-likeness (QED) is 0.861. The zero-order chi connectivity index (χ0) is 11.7. The lowest BCUT2D eigenvalue weighted by atomic mass is 10.2. The molecule has 0 spiro atoms. The van der Waals surface area contributed by atoms with Crippen LogP contribution in [0.25, 0.3) is 0 Å². The summed E-state index contributed by atoms with van der Waals surface area (Å²) in [5, 5.41) is 0. The normalized spacial score (nSPS) is 19.0. The van der Waals surface area contributed by atoms with E-state index in [1.165, 1.54) is 12.1 Å². The van der Waals surface area contributed by atoms with Crippen molar-refractivity contribution in [1.82, 2.24) is 4.90 Å². The minimum absolute atomic E-state index is 0. The van der Waals surface area contributed by atoms with Crippen LogP contribution in [0.1, 0.15) is 16.8 Å². The van der Waals surface area contributed by atoms with Gasteiger partial charge in [-0.05, 0) is 24.6 Å². The van der Waals surface area contributed by atoms with Gasteiger partial charge in [-0.25, -0.2) is 4.39 Å². The van der Waals surface area contributed by atoms with Gasteiger partial charge in [0.2, 0.25) is 0 Å². The van der Waals surface area contributed by atoms with Crippen molar-refractivity contribution in [3.63, 3.8) is 0 Å². The van der Waals surface area contributed by atoms with E-state index < -0.39 is 5.82 Å². The van der Waals surface area contributed by atoms with Gasteiger partial charge in [0.25, 0.3) is 5.91 Å². The summed E-state index contributed by atoms with van der Waals surface area (Å²) in [4.78, 5) is 13.5. The Morgan fingerprint density at radius 1 is 1.53 bits per heavy atom. The summed E-state index contributed by atoms with van der Waals surface area (Å²) in [7, 11) is 0. The van der Waals surface area contributed by atoms with Gasteiger partial charge < -0.3 is 10.6 Å². The van der Waals surface area contributed by atoms with Gasteiger partial charge in [0, 0.05) is 23.6 Å². The number of carbonyl (C=O) groups is 1. The minimum atomic E-state index is -0.500. The third kappa shape index (κ3) is 3.18. The van der Waals surface area contributed by atoms with E-state index in [0.717, 1.165) is 6.42 Å². The standard InChI is InChI=1S/C11H12BrFN2O.ClH/c12-7-1-2-9(10(13)5-7)11(16)15-4-3-8(14)6-15;/h1-2,5,8H,3-4,6,14H2;1H/t8-;/m0./s1. The first-order valence-corrected chi connectivity index (χ1v) is 5.87. The highest BCUT2D eigenvalue weighted by molar-refractivity contribution is 9.10. The molecule has 1 aromatic carbocycles. The van der Waals surface area contributed by atoms with Gasteiger partial charge in [0.05, 0.1) is 5.56 Å². The van der Waals surface area contributed by atoms with Gasteiger partial charge in [0.1, 0.15) is 5.82 Å². The molecule has 17 heavy (non-hydrogen) atoms. The molecular formula is C11H13BrClFN2O. The lowest BCUT2D eigenvalue weighted by Crippen LogP contribution is -2.32. The molecule has 1 aromatic rings. The molecule has 3 nitrogen and oxygen atoms in total. The second-order valence-electron chi connectivity index (χ2n) is 3.92. The van der Waals surface area contributed by atoms with Crippen LogP contribution in [0.2, 0.25) is 0 Å². The maximum absolute atomic E-state index is 13.5. The molecule has 0 bridgehead atoms. The van der Waals surface area contributed by atoms with E-state index in [-0.39, 0.29) is 29.9 Å². The highest BCUT2D eigenvalue weighted by Gasteiger charge is 2.26. The Kier molecular flexibility index (Phi) is 4.91. The summed E-state index contributed by atoms with van der Waals surface area (Å²) in [6.07, 6.45) is 0.782. The Morgan fingerprint density at radius 2 is 2.24 bits per heavy atom. The Hall–Kier alpha value is -0.650. The zero-order valence-electron chi connectivity index (χ0n) is 9.03. The summed E-state index contributed by atoms with van der Waals surface area (Å²) in [6, 6.07) is 4.46. The van der Waals surface area contributed by atoms with Crippen LogP contribution in [0.15, 0.2) is 22.7 Å². The average Bonchev–Trinajstić information content (AvgIpc) is 2.64. The fourth-order valence-corrected chi connectivity index (χ4v) is 2.14. The zero-order valence-corrected chi connectivity index (χ0v) is 11.4.